The molecule has 0 aliphatic rings. The maximum Gasteiger partial charge on any atom is 0.185 e. The lowest BCUT2D eigenvalue weighted by Gasteiger charge is -2.23. The van der Waals surface area contributed by atoms with Crippen LogP contribution in [0.3, 0.4) is 0 Å². The number of hydrogen-bond donors (Lipinski definition) is 1. The van der Waals surface area contributed by atoms with Crippen LogP contribution in [0.5, 0.6) is 0 Å². The molecular formula is C14H27N3O2S. The van der Waals surface area contributed by atoms with Crippen molar-refractivity contribution in [1.82, 2.24) is 10.3 Å². The van der Waals surface area contributed by atoms with Gasteiger partial charge >= 0.3 is 0 Å². The lowest BCUT2D eigenvalue weighted by atomic mass is 10.2. The standard InChI is InChI=1S/C14H27N3O2S/c1-11(2)9-17(6-7-18-4)14-16-12(10-19-5)13(20-14)8-15-3/h11,15H,6-10H2,1-5H3. The van der Waals surface area contributed by atoms with Crippen molar-refractivity contribution < 1.29 is 9.47 Å². The Labute approximate surface area is 126 Å². The van der Waals surface area contributed by atoms with E-state index in [1.54, 1.807) is 25.6 Å². The summed E-state index contributed by atoms with van der Waals surface area (Å²) in [6.07, 6.45) is 0. The van der Waals surface area contributed by atoms with E-state index in [4.69, 9.17) is 14.5 Å². The van der Waals surface area contributed by atoms with Gasteiger partial charge in [0.05, 0.1) is 18.9 Å². The van der Waals surface area contributed by atoms with Gasteiger partial charge in [0.25, 0.3) is 0 Å². The Bertz CT molecular complexity index is 359. The van der Waals surface area contributed by atoms with Gasteiger partial charge < -0.3 is 19.7 Å². The van der Waals surface area contributed by atoms with Gasteiger partial charge in [-0.15, -0.1) is 11.3 Å². The van der Waals surface area contributed by atoms with Crippen LogP contribution in [0.2, 0.25) is 0 Å². The maximum atomic E-state index is 5.24. The van der Waals surface area contributed by atoms with E-state index in [2.05, 4.69) is 24.1 Å². The first-order chi connectivity index (χ1) is 9.62. The average molecular weight is 301 g/mol. The second-order valence-corrected chi connectivity index (χ2v) is 6.22. The molecule has 1 N–H and O–H groups in total. The summed E-state index contributed by atoms with van der Waals surface area (Å²) in [7, 11) is 5.39. The lowest BCUT2D eigenvalue weighted by molar-refractivity contribution is 0.181. The third-order valence-electron chi connectivity index (χ3n) is 2.81. The van der Waals surface area contributed by atoms with Gasteiger partial charge in [-0.25, -0.2) is 4.98 Å². The SMILES string of the molecule is CNCc1sc(N(CCOC)CC(C)C)nc1COC. The molecule has 0 atom stereocenters. The van der Waals surface area contributed by atoms with Crippen molar-refractivity contribution in [3.05, 3.63) is 10.6 Å². The van der Waals surface area contributed by atoms with Crippen LogP contribution in [0.4, 0.5) is 5.13 Å². The summed E-state index contributed by atoms with van der Waals surface area (Å²) in [6.45, 7) is 8.41. The van der Waals surface area contributed by atoms with E-state index in [0.29, 0.717) is 19.1 Å². The van der Waals surface area contributed by atoms with Gasteiger partial charge in [-0.05, 0) is 13.0 Å². The topological polar surface area (TPSA) is 46.6 Å². The smallest absolute Gasteiger partial charge is 0.185 e. The molecule has 1 aromatic heterocycles. The first-order valence-electron chi connectivity index (χ1n) is 6.98. The second kappa shape index (κ2) is 9.28. The van der Waals surface area contributed by atoms with E-state index in [-0.39, 0.29) is 0 Å². The van der Waals surface area contributed by atoms with E-state index >= 15 is 0 Å². The number of aromatic nitrogens is 1. The van der Waals surface area contributed by atoms with Crippen LogP contribution < -0.4 is 10.2 Å². The van der Waals surface area contributed by atoms with E-state index in [1.807, 2.05) is 7.05 Å². The minimum Gasteiger partial charge on any atom is -0.383 e. The summed E-state index contributed by atoms with van der Waals surface area (Å²) in [5.41, 5.74) is 1.04. The van der Waals surface area contributed by atoms with Crippen molar-refractivity contribution in [3.8, 4) is 0 Å². The molecule has 1 heterocycles. The number of thiazole rings is 1. The van der Waals surface area contributed by atoms with E-state index in [1.165, 1.54) is 4.88 Å². The Kier molecular flexibility index (Phi) is 8.06. The van der Waals surface area contributed by atoms with Gasteiger partial charge in [0.1, 0.15) is 0 Å². The van der Waals surface area contributed by atoms with Crippen LogP contribution in [0, 0.1) is 5.92 Å². The largest absolute Gasteiger partial charge is 0.383 e. The van der Waals surface area contributed by atoms with Gasteiger partial charge in [-0.2, -0.15) is 0 Å². The molecule has 0 spiro atoms. The van der Waals surface area contributed by atoms with E-state index in [0.717, 1.165) is 30.5 Å². The second-order valence-electron chi connectivity index (χ2n) is 5.16. The van der Waals surface area contributed by atoms with Crippen LogP contribution in [0.25, 0.3) is 0 Å². The number of hydrogen-bond acceptors (Lipinski definition) is 6. The van der Waals surface area contributed by atoms with Gasteiger partial charge in [0, 0.05) is 38.7 Å². The predicted molar refractivity (Wildman–Crippen MR) is 84.5 cm³/mol. The van der Waals surface area contributed by atoms with Crippen molar-refractivity contribution in [2.75, 3.05) is 45.9 Å². The number of methoxy groups -OCH3 is 2. The number of anilines is 1. The van der Waals surface area contributed by atoms with E-state index in [9.17, 15) is 0 Å². The zero-order chi connectivity index (χ0) is 15.0. The first-order valence-corrected chi connectivity index (χ1v) is 7.80. The molecule has 20 heavy (non-hydrogen) atoms. The number of nitrogens with one attached hydrogen (secondary N) is 1. The maximum absolute atomic E-state index is 5.24. The van der Waals surface area contributed by atoms with E-state index < -0.39 is 0 Å². The van der Waals surface area contributed by atoms with Gasteiger partial charge in [-0.1, -0.05) is 13.8 Å². The molecule has 0 fully saturated rings. The Hall–Kier alpha value is -0.690. The number of nitrogens with zero attached hydrogens (tertiary/aromatic N) is 2. The molecule has 0 aliphatic heterocycles. The van der Waals surface area contributed by atoms with Crippen molar-refractivity contribution >= 4 is 16.5 Å². The van der Waals surface area contributed by atoms with Crippen LogP contribution in [0.15, 0.2) is 0 Å². The van der Waals surface area contributed by atoms with Gasteiger partial charge in [-0.3, -0.25) is 0 Å². The molecule has 0 unspecified atom stereocenters. The summed E-state index contributed by atoms with van der Waals surface area (Å²) in [5.74, 6) is 0.592. The lowest BCUT2D eigenvalue weighted by Crippen LogP contribution is -2.30. The van der Waals surface area contributed by atoms with Crippen LogP contribution in [-0.4, -0.2) is 45.9 Å². The fourth-order valence-corrected chi connectivity index (χ4v) is 3.07. The normalized spacial score (nSPS) is 11.3. The molecule has 1 aromatic rings. The molecule has 1 rings (SSSR count). The summed E-state index contributed by atoms with van der Waals surface area (Å²) < 4.78 is 10.4. The minimum absolute atomic E-state index is 0.563. The molecule has 0 aromatic carbocycles. The first kappa shape index (κ1) is 17.4. The van der Waals surface area contributed by atoms with Crippen molar-refractivity contribution in [1.29, 1.82) is 0 Å². The monoisotopic (exact) mass is 301 g/mol. The molecule has 0 amide bonds. The Morgan fingerprint density at radius 2 is 2.05 bits per heavy atom. The number of ether oxygens (including phenoxy) is 2. The van der Waals surface area contributed by atoms with Gasteiger partial charge in [0.2, 0.25) is 0 Å². The van der Waals surface area contributed by atoms with Crippen molar-refractivity contribution in [3.63, 3.8) is 0 Å². The molecule has 0 saturated carbocycles. The Morgan fingerprint density at radius 3 is 2.60 bits per heavy atom. The third-order valence-corrected chi connectivity index (χ3v) is 3.97. The molecule has 6 heteroatoms. The van der Waals surface area contributed by atoms with Crippen molar-refractivity contribution in [2.24, 2.45) is 5.92 Å². The Morgan fingerprint density at radius 1 is 1.30 bits per heavy atom. The number of rotatable bonds is 10. The molecule has 0 radical (unpaired) electrons. The summed E-state index contributed by atoms with van der Waals surface area (Å²) >= 11 is 1.74. The summed E-state index contributed by atoms with van der Waals surface area (Å²) in [6, 6.07) is 0. The summed E-state index contributed by atoms with van der Waals surface area (Å²) in [4.78, 5) is 8.30. The van der Waals surface area contributed by atoms with Crippen LogP contribution in [0.1, 0.15) is 24.4 Å². The van der Waals surface area contributed by atoms with Crippen LogP contribution in [-0.2, 0) is 22.6 Å². The average Bonchev–Trinajstić information content (AvgIpc) is 2.78. The fourth-order valence-electron chi connectivity index (χ4n) is 1.96. The molecule has 0 saturated heterocycles. The third kappa shape index (κ3) is 5.36. The molecule has 0 bridgehead atoms. The minimum atomic E-state index is 0.563. The molecular weight excluding hydrogens is 274 g/mol. The molecule has 116 valence electrons. The van der Waals surface area contributed by atoms with Gasteiger partial charge in [0.15, 0.2) is 5.13 Å². The predicted octanol–water partition coefficient (Wildman–Crippen LogP) is 2.12. The zero-order valence-electron chi connectivity index (χ0n) is 13.2. The fraction of sp³-hybridized carbons (Fsp3) is 0.786. The quantitative estimate of drug-likeness (QED) is 0.717. The van der Waals surface area contributed by atoms with Crippen molar-refractivity contribution in [2.45, 2.75) is 27.0 Å². The Balaban J connectivity index is 2.90. The highest BCUT2D eigenvalue weighted by Gasteiger charge is 2.16. The molecule has 5 nitrogen and oxygen atoms in total. The highest BCUT2D eigenvalue weighted by atomic mass is 32.1. The van der Waals surface area contributed by atoms with Crippen LogP contribution >= 0.6 is 11.3 Å². The highest BCUT2D eigenvalue weighted by Crippen LogP contribution is 2.27. The zero-order valence-corrected chi connectivity index (χ0v) is 14.0. The summed E-state index contributed by atoms with van der Waals surface area (Å²) in [5, 5.41) is 4.25. The molecule has 0 aliphatic carbocycles. The highest BCUT2D eigenvalue weighted by molar-refractivity contribution is 7.15.